The van der Waals surface area contributed by atoms with E-state index in [0.717, 1.165) is 6.42 Å². The van der Waals surface area contributed by atoms with Crippen LogP contribution in [0.3, 0.4) is 0 Å². The lowest BCUT2D eigenvalue weighted by molar-refractivity contribution is 0.102. The first-order chi connectivity index (χ1) is 12.6. The fourth-order valence-corrected chi connectivity index (χ4v) is 2.93. The molecule has 0 atom stereocenters. The molecule has 3 aromatic rings. The predicted octanol–water partition coefficient (Wildman–Crippen LogP) is 3.38. The van der Waals surface area contributed by atoms with E-state index >= 15 is 0 Å². The van der Waals surface area contributed by atoms with Gasteiger partial charge in [-0.25, -0.2) is 0 Å². The minimum atomic E-state index is -0.656. The maximum Gasteiger partial charge on any atom is 0.267 e. The molecule has 0 saturated carbocycles. The number of ether oxygens (including phenoxy) is 1. The van der Waals surface area contributed by atoms with Crippen LogP contribution >= 0.6 is 0 Å². The number of anilines is 1. The summed E-state index contributed by atoms with van der Waals surface area (Å²) in [5.74, 6) is -0.386. The minimum Gasteiger partial charge on any atom is -0.506 e. The summed E-state index contributed by atoms with van der Waals surface area (Å²) in [6.07, 6.45) is 0.728. The number of carbonyl (C=O) groups is 1. The lowest BCUT2D eigenvalue weighted by atomic mass is 10.1. The molecule has 0 unspecified atom stereocenters. The molecule has 0 aliphatic rings. The second-order valence-electron chi connectivity index (χ2n) is 5.88. The zero-order valence-corrected chi connectivity index (χ0v) is 14.7. The molecule has 1 heterocycles. The van der Waals surface area contributed by atoms with Gasteiger partial charge in [0.2, 0.25) is 0 Å². The second kappa shape index (κ2) is 7.31. The molecule has 6 heteroatoms. The van der Waals surface area contributed by atoms with Crippen LogP contribution in [0.4, 0.5) is 5.69 Å². The third kappa shape index (κ3) is 3.13. The number of methoxy groups -OCH3 is 1. The molecule has 0 aliphatic carbocycles. The van der Waals surface area contributed by atoms with Crippen LogP contribution in [0.1, 0.15) is 23.7 Å². The standard InChI is InChI=1S/C20H20N2O4/c1-3-11-22-16-10-5-4-9-15(16)18(23)17(20(22)25)19(24)21-13-7-6-8-14(12-13)26-2/h4-10,12,23H,3,11H2,1-2H3,(H,21,24). The van der Waals surface area contributed by atoms with Gasteiger partial charge in [-0.05, 0) is 30.7 Å². The molecule has 26 heavy (non-hydrogen) atoms. The Balaban J connectivity index is 2.11. The summed E-state index contributed by atoms with van der Waals surface area (Å²) in [7, 11) is 1.53. The zero-order valence-electron chi connectivity index (χ0n) is 14.7. The smallest absolute Gasteiger partial charge is 0.267 e. The van der Waals surface area contributed by atoms with Gasteiger partial charge in [0, 0.05) is 23.7 Å². The fourth-order valence-electron chi connectivity index (χ4n) is 2.93. The summed E-state index contributed by atoms with van der Waals surface area (Å²) in [5, 5.41) is 13.7. The van der Waals surface area contributed by atoms with Gasteiger partial charge in [-0.15, -0.1) is 0 Å². The molecule has 0 bridgehead atoms. The Morgan fingerprint density at radius 1 is 1.19 bits per heavy atom. The van der Waals surface area contributed by atoms with E-state index in [2.05, 4.69) is 5.32 Å². The lowest BCUT2D eigenvalue weighted by Gasteiger charge is -2.14. The number of aromatic nitrogens is 1. The predicted molar refractivity (Wildman–Crippen MR) is 101 cm³/mol. The largest absolute Gasteiger partial charge is 0.506 e. The molecule has 1 aromatic heterocycles. The topological polar surface area (TPSA) is 80.6 Å². The van der Waals surface area contributed by atoms with Crippen LogP contribution in [0.5, 0.6) is 11.5 Å². The van der Waals surface area contributed by atoms with Gasteiger partial charge in [-0.1, -0.05) is 25.1 Å². The van der Waals surface area contributed by atoms with Gasteiger partial charge in [-0.2, -0.15) is 0 Å². The SMILES string of the molecule is CCCn1c(=O)c(C(=O)Nc2cccc(OC)c2)c(O)c2ccccc21. The van der Waals surface area contributed by atoms with E-state index in [1.54, 1.807) is 48.5 Å². The van der Waals surface area contributed by atoms with Gasteiger partial charge >= 0.3 is 0 Å². The van der Waals surface area contributed by atoms with E-state index in [0.29, 0.717) is 28.9 Å². The number of pyridine rings is 1. The molecule has 2 N–H and O–H groups in total. The molecule has 2 aromatic carbocycles. The zero-order chi connectivity index (χ0) is 18.7. The van der Waals surface area contributed by atoms with Crippen molar-refractivity contribution in [3.8, 4) is 11.5 Å². The van der Waals surface area contributed by atoms with Crippen LogP contribution in [0.25, 0.3) is 10.9 Å². The number of nitrogens with zero attached hydrogens (tertiary/aromatic N) is 1. The third-order valence-corrected chi connectivity index (χ3v) is 4.15. The molecule has 6 nitrogen and oxygen atoms in total. The van der Waals surface area contributed by atoms with Gasteiger partial charge in [0.15, 0.2) is 0 Å². The highest BCUT2D eigenvalue weighted by atomic mass is 16.5. The number of hydrogen-bond acceptors (Lipinski definition) is 4. The van der Waals surface area contributed by atoms with Gasteiger partial charge < -0.3 is 19.7 Å². The van der Waals surface area contributed by atoms with Crippen LogP contribution < -0.4 is 15.6 Å². The minimum absolute atomic E-state index is 0.264. The quantitative estimate of drug-likeness (QED) is 0.738. The second-order valence-corrected chi connectivity index (χ2v) is 5.88. The van der Waals surface area contributed by atoms with Crippen LogP contribution in [-0.2, 0) is 6.54 Å². The number of para-hydroxylation sites is 1. The van der Waals surface area contributed by atoms with Crippen molar-refractivity contribution >= 4 is 22.5 Å². The fraction of sp³-hybridized carbons (Fsp3) is 0.200. The van der Waals surface area contributed by atoms with Crippen molar-refractivity contribution in [2.24, 2.45) is 0 Å². The number of benzene rings is 2. The molecular formula is C20H20N2O4. The van der Waals surface area contributed by atoms with Crippen molar-refractivity contribution < 1.29 is 14.6 Å². The average molecular weight is 352 g/mol. The summed E-state index contributed by atoms with van der Waals surface area (Å²) in [6.45, 7) is 2.41. The molecule has 0 spiro atoms. The summed E-state index contributed by atoms with van der Waals surface area (Å²) in [6, 6.07) is 13.8. The number of rotatable bonds is 5. The molecule has 0 aliphatic heterocycles. The van der Waals surface area contributed by atoms with Crippen molar-refractivity contribution in [3.63, 3.8) is 0 Å². The van der Waals surface area contributed by atoms with Gasteiger partial charge in [0.05, 0.1) is 12.6 Å². The maximum atomic E-state index is 12.9. The molecular weight excluding hydrogens is 332 g/mol. The van der Waals surface area contributed by atoms with Gasteiger partial charge in [0.25, 0.3) is 11.5 Å². The summed E-state index contributed by atoms with van der Waals surface area (Å²) >= 11 is 0. The van der Waals surface area contributed by atoms with Crippen molar-refractivity contribution in [2.45, 2.75) is 19.9 Å². The number of hydrogen-bond donors (Lipinski definition) is 2. The molecule has 0 saturated heterocycles. The first-order valence-corrected chi connectivity index (χ1v) is 8.36. The first-order valence-electron chi connectivity index (χ1n) is 8.36. The van der Waals surface area contributed by atoms with E-state index in [4.69, 9.17) is 4.74 Å². The van der Waals surface area contributed by atoms with Crippen LogP contribution in [-0.4, -0.2) is 22.7 Å². The Morgan fingerprint density at radius 3 is 2.69 bits per heavy atom. The number of aryl methyl sites for hydroxylation is 1. The number of carbonyl (C=O) groups excluding carboxylic acids is 1. The maximum absolute atomic E-state index is 12.9. The molecule has 0 fully saturated rings. The first kappa shape index (κ1) is 17.5. The number of aromatic hydroxyl groups is 1. The summed E-state index contributed by atoms with van der Waals surface area (Å²) < 4.78 is 6.66. The average Bonchev–Trinajstić information content (AvgIpc) is 2.65. The Hall–Kier alpha value is -3.28. The van der Waals surface area contributed by atoms with Crippen LogP contribution in [0.2, 0.25) is 0 Å². The Labute approximate surface area is 150 Å². The van der Waals surface area contributed by atoms with Crippen LogP contribution in [0.15, 0.2) is 53.3 Å². The van der Waals surface area contributed by atoms with Crippen molar-refractivity contribution in [1.29, 1.82) is 0 Å². The van der Waals surface area contributed by atoms with Gasteiger partial charge in [0.1, 0.15) is 17.1 Å². The van der Waals surface area contributed by atoms with Crippen molar-refractivity contribution in [1.82, 2.24) is 4.57 Å². The third-order valence-electron chi connectivity index (χ3n) is 4.15. The normalized spacial score (nSPS) is 10.7. The van der Waals surface area contributed by atoms with E-state index in [1.807, 2.05) is 6.92 Å². The highest BCUT2D eigenvalue weighted by Crippen LogP contribution is 2.27. The Morgan fingerprint density at radius 2 is 1.96 bits per heavy atom. The highest BCUT2D eigenvalue weighted by molar-refractivity contribution is 6.09. The number of fused-ring (bicyclic) bond motifs is 1. The molecule has 0 radical (unpaired) electrons. The molecule has 1 amide bonds. The van der Waals surface area contributed by atoms with Gasteiger partial charge in [-0.3, -0.25) is 9.59 Å². The van der Waals surface area contributed by atoms with E-state index < -0.39 is 11.5 Å². The van der Waals surface area contributed by atoms with E-state index in [9.17, 15) is 14.7 Å². The monoisotopic (exact) mass is 352 g/mol. The van der Waals surface area contributed by atoms with Crippen molar-refractivity contribution in [2.75, 3.05) is 12.4 Å². The summed E-state index contributed by atoms with van der Waals surface area (Å²) in [5.41, 5.74) is 0.307. The van der Waals surface area contributed by atoms with E-state index in [-0.39, 0.29) is 11.3 Å². The summed E-state index contributed by atoms with van der Waals surface area (Å²) in [4.78, 5) is 25.6. The Kier molecular flexibility index (Phi) is 4.93. The Bertz CT molecular complexity index is 1020. The number of amides is 1. The molecule has 134 valence electrons. The van der Waals surface area contributed by atoms with Crippen molar-refractivity contribution in [3.05, 3.63) is 64.4 Å². The lowest BCUT2D eigenvalue weighted by Crippen LogP contribution is -2.29. The molecule has 3 rings (SSSR count). The van der Waals surface area contributed by atoms with Crippen LogP contribution in [0, 0.1) is 0 Å². The highest BCUT2D eigenvalue weighted by Gasteiger charge is 2.22. The number of nitrogens with one attached hydrogen (secondary N) is 1. The van der Waals surface area contributed by atoms with E-state index in [1.165, 1.54) is 11.7 Å².